The van der Waals surface area contributed by atoms with Crippen molar-refractivity contribution in [3.63, 3.8) is 0 Å². The van der Waals surface area contributed by atoms with Gasteiger partial charge in [0.05, 0.1) is 6.61 Å². The SMILES string of the molecule is CCCCCCCCCCCCCCCC(=S)C(O)C(O)CO. The van der Waals surface area contributed by atoms with Gasteiger partial charge in [-0.1, -0.05) is 96.2 Å². The van der Waals surface area contributed by atoms with Crippen molar-refractivity contribution in [3.8, 4) is 0 Å². The van der Waals surface area contributed by atoms with Gasteiger partial charge in [-0.15, -0.1) is 0 Å². The highest BCUT2D eigenvalue weighted by Gasteiger charge is 2.19. The molecule has 0 aromatic heterocycles. The first-order valence-electron chi connectivity index (χ1n) is 9.63. The first kappa shape index (κ1) is 23.0. The van der Waals surface area contributed by atoms with Crippen LogP contribution in [0.2, 0.25) is 0 Å². The van der Waals surface area contributed by atoms with Gasteiger partial charge in [0.1, 0.15) is 12.2 Å². The first-order chi connectivity index (χ1) is 11.1. The number of hydrogen-bond acceptors (Lipinski definition) is 4. The minimum Gasteiger partial charge on any atom is -0.394 e. The van der Waals surface area contributed by atoms with Gasteiger partial charge in [0.25, 0.3) is 0 Å². The molecule has 3 nitrogen and oxygen atoms in total. The Morgan fingerprint density at radius 1 is 0.739 bits per heavy atom. The van der Waals surface area contributed by atoms with E-state index < -0.39 is 18.8 Å². The standard InChI is InChI=1S/C19H38O3S/c1-2-3-4-5-6-7-8-9-10-11-12-13-14-15-18(23)19(22)17(21)16-20/h17,19-22H,2-16H2,1H3. The molecular weight excluding hydrogens is 308 g/mol. The van der Waals surface area contributed by atoms with E-state index in [0.717, 1.165) is 12.8 Å². The lowest BCUT2D eigenvalue weighted by Crippen LogP contribution is -2.35. The summed E-state index contributed by atoms with van der Waals surface area (Å²) in [6.45, 7) is 1.81. The molecule has 0 aromatic rings. The zero-order valence-corrected chi connectivity index (χ0v) is 15.8. The molecule has 0 bridgehead atoms. The largest absolute Gasteiger partial charge is 0.394 e. The zero-order chi connectivity index (χ0) is 17.3. The lowest BCUT2D eigenvalue weighted by molar-refractivity contribution is 0.0186. The van der Waals surface area contributed by atoms with Crippen molar-refractivity contribution < 1.29 is 15.3 Å². The van der Waals surface area contributed by atoms with Crippen LogP contribution in [0.15, 0.2) is 0 Å². The highest BCUT2D eigenvalue weighted by atomic mass is 32.1. The van der Waals surface area contributed by atoms with Crippen molar-refractivity contribution in [1.82, 2.24) is 0 Å². The summed E-state index contributed by atoms with van der Waals surface area (Å²) in [6.07, 6.45) is 15.4. The minimum absolute atomic E-state index is 0.445. The summed E-state index contributed by atoms with van der Waals surface area (Å²) >= 11 is 5.08. The predicted octanol–water partition coefficient (Wildman–Crippen LogP) is 4.55. The maximum Gasteiger partial charge on any atom is 0.113 e. The maximum atomic E-state index is 9.63. The number of aliphatic hydroxyl groups excluding tert-OH is 3. The molecule has 2 atom stereocenters. The smallest absolute Gasteiger partial charge is 0.113 e. The molecule has 23 heavy (non-hydrogen) atoms. The van der Waals surface area contributed by atoms with Crippen LogP contribution in [0.4, 0.5) is 0 Å². The van der Waals surface area contributed by atoms with E-state index in [1.165, 1.54) is 70.6 Å². The van der Waals surface area contributed by atoms with Gasteiger partial charge >= 0.3 is 0 Å². The molecule has 0 aliphatic rings. The fraction of sp³-hybridized carbons (Fsp3) is 0.947. The highest BCUT2D eigenvalue weighted by Crippen LogP contribution is 2.13. The Labute approximate surface area is 148 Å². The summed E-state index contributed by atoms with van der Waals surface area (Å²) in [4.78, 5) is 0.467. The van der Waals surface area contributed by atoms with Crippen molar-refractivity contribution in [2.24, 2.45) is 0 Å². The third kappa shape index (κ3) is 14.1. The summed E-state index contributed by atoms with van der Waals surface area (Å²) in [5.41, 5.74) is 0. The molecular formula is C19H38O3S. The molecule has 0 heterocycles. The van der Waals surface area contributed by atoms with E-state index in [9.17, 15) is 10.2 Å². The third-order valence-electron chi connectivity index (χ3n) is 4.41. The van der Waals surface area contributed by atoms with E-state index in [4.69, 9.17) is 17.3 Å². The molecule has 0 spiro atoms. The Bertz CT molecular complexity index is 271. The average molecular weight is 347 g/mol. The summed E-state index contributed by atoms with van der Waals surface area (Å²) in [5.74, 6) is 0. The maximum absolute atomic E-state index is 9.63. The third-order valence-corrected chi connectivity index (χ3v) is 4.85. The molecule has 4 heteroatoms. The Morgan fingerprint density at radius 2 is 1.13 bits per heavy atom. The van der Waals surface area contributed by atoms with E-state index in [0.29, 0.717) is 11.3 Å². The minimum atomic E-state index is -1.13. The van der Waals surface area contributed by atoms with E-state index in [1.807, 2.05) is 0 Å². The van der Waals surface area contributed by atoms with Crippen LogP contribution in [-0.4, -0.2) is 39.0 Å². The van der Waals surface area contributed by atoms with Gasteiger partial charge in [0, 0.05) is 4.86 Å². The van der Waals surface area contributed by atoms with Crippen molar-refractivity contribution >= 4 is 17.1 Å². The van der Waals surface area contributed by atoms with Crippen LogP contribution in [0.3, 0.4) is 0 Å². The average Bonchev–Trinajstić information content (AvgIpc) is 2.57. The highest BCUT2D eigenvalue weighted by molar-refractivity contribution is 7.80. The molecule has 0 saturated carbocycles. The Balaban J connectivity index is 3.26. The zero-order valence-electron chi connectivity index (χ0n) is 15.0. The van der Waals surface area contributed by atoms with Gasteiger partial charge in [0.15, 0.2) is 0 Å². The number of hydrogen-bond donors (Lipinski definition) is 3. The molecule has 0 aliphatic carbocycles. The topological polar surface area (TPSA) is 60.7 Å². The first-order valence-corrected chi connectivity index (χ1v) is 10.0. The van der Waals surface area contributed by atoms with Gasteiger partial charge in [-0.2, -0.15) is 0 Å². The van der Waals surface area contributed by atoms with E-state index in [-0.39, 0.29) is 0 Å². The number of aliphatic hydroxyl groups is 3. The van der Waals surface area contributed by atoms with Crippen LogP contribution in [0.1, 0.15) is 96.8 Å². The van der Waals surface area contributed by atoms with Gasteiger partial charge in [-0.05, 0) is 12.8 Å². The molecule has 0 rings (SSSR count). The molecule has 0 saturated heterocycles. The van der Waals surface area contributed by atoms with Crippen molar-refractivity contribution in [3.05, 3.63) is 0 Å². The number of unbranched alkanes of at least 4 members (excludes halogenated alkanes) is 12. The van der Waals surface area contributed by atoms with Gasteiger partial charge in [0.2, 0.25) is 0 Å². The summed E-state index contributed by atoms with van der Waals surface area (Å²) in [7, 11) is 0. The molecule has 0 amide bonds. The van der Waals surface area contributed by atoms with Crippen LogP contribution < -0.4 is 0 Å². The Morgan fingerprint density at radius 3 is 1.52 bits per heavy atom. The molecule has 0 radical (unpaired) electrons. The molecule has 2 unspecified atom stereocenters. The summed E-state index contributed by atoms with van der Waals surface area (Å²) in [6, 6.07) is 0. The monoisotopic (exact) mass is 346 g/mol. The summed E-state index contributed by atoms with van der Waals surface area (Å²) in [5, 5.41) is 27.7. The summed E-state index contributed by atoms with van der Waals surface area (Å²) < 4.78 is 0. The second-order valence-corrected chi connectivity index (χ2v) is 7.18. The van der Waals surface area contributed by atoms with Crippen LogP contribution in [0.5, 0.6) is 0 Å². The Kier molecular flexibility index (Phi) is 16.8. The lowest BCUT2D eigenvalue weighted by Gasteiger charge is -2.16. The van der Waals surface area contributed by atoms with Crippen LogP contribution in [0.25, 0.3) is 0 Å². The molecule has 138 valence electrons. The van der Waals surface area contributed by atoms with Gasteiger partial charge < -0.3 is 15.3 Å². The van der Waals surface area contributed by atoms with E-state index in [2.05, 4.69) is 6.92 Å². The molecule has 0 aliphatic heterocycles. The molecule has 3 N–H and O–H groups in total. The fourth-order valence-corrected chi connectivity index (χ4v) is 3.08. The van der Waals surface area contributed by atoms with Crippen molar-refractivity contribution in [1.29, 1.82) is 0 Å². The van der Waals surface area contributed by atoms with E-state index in [1.54, 1.807) is 0 Å². The van der Waals surface area contributed by atoms with Gasteiger partial charge in [-0.25, -0.2) is 0 Å². The Hall–Kier alpha value is -0.0300. The van der Waals surface area contributed by atoms with Crippen molar-refractivity contribution in [2.75, 3.05) is 6.61 Å². The number of rotatable bonds is 17. The predicted molar refractivity (Wildman–Crippen MR) is 102 cm³/mol. The normalized spacial score (nSPS) is 13.9. The molecule has 0 aromatic carbocycles. The second-order valence-electron chi connectivity index (χ2n) is 6.65. The van der Waals surface area contributed by atoms with Crippen LogP contribution in [0, 0.1) is 0 Å². The lowest BCUT2D eigenvalue weighted by atomic mass is 10.0. The second kappa shape index (κ2) is 16.8. The number of thiocarbonyl (C=S) groups is 1. The quantitative estimate of drug-likeness (QED) is 0.267. The van der Waals surface area contributed by atoms with E-state index >= 15 is 0 Å². The van der Waals surface area contributed by atoms with Crippen molar-refractivity contribution in [2.45, 2.75) is 109 Å². The van der Waals surface area contributed by atoms with Crippen LogP contribution in [-0.2, 0) is 0 Å². The molecule has 0 fully saturated rings. The van der Waals surface area contributed by atoms with Gasteiger partial charge in [-0.3, -0.25) is 0 Å². The fourth-order valence-electron chi connectivity index (χ4n) is 2.78. The van der Waals surface area contributed by atoms with Crippen LogP contribution >= 0.6 is 12.2 Å².